The van der Waals surface area contributed by atoms with Gasteiger partial charge < -0.3 is 21.5 Å². The molecule has 0 spiro atoms. The summed E-state index contributed by atoms with van der Waals surface area (Å²) in [5, 5.41) is 14.3. The lowest BCUT2D eigenvalue weighted by Gasteiger charge is -2.09. The summed E-state index contributed by atoms with van der Waals surface area (Å²) in [7, 11) is 0. The molecule has 0 aliphatic rings. The lowest BCUT2D eigenvalue weighted by molar-refractivity contribution is -0.138. The molecule has 1 atom stereocenters. The Labute approximate surface area is 189 Å². The monoisotopic (exact) mass is 523 g/mol. The zero-order valence-electron chi connectivity index (χ0n) is 16.6. The van der Waals surface area contributed by atoms with E-state index in [1.165, 1.54) is 9.13 Å². The molecule has 0 saturated heterocycles. The van der Waals surface area contributed by atoms with Gasteiger partial charge in [-0.1, -0.05) is 24.3 Å². The Morgan fingerprint density at radius 3 is 2.23 bits per heavy atom. The van der Waals surface area contributed by atoms with Crippen LogP contribution >= 0.6 is 22.6 Å². The zero-order valence-corrected chi connectivity index (χ0v) is 18.7. The number of hydrogen-bond acceptors (Lipinski definition) is 4. The molecule has 0 saturated carbocycles. The first kappa shape index (κ1) is 23.8. The smallest absolute Gasteiger partial charge is 0.320 e. The molecule has 0 aromatic heterocycles. The van der Waals surface area contributed by atoms with Crippen molar-refractivity contribution in [3.63, 3.8) is 0 Å². The van der Waals surface area contributed by atoms with Gasteiger partial charge in [-0.15, -0.1) is 0 Å². The Bertz CT molecular complexity index is 854. The van der Waals surface area contributed by atoms with Crippen molar-refractivity contribution in [2.24, 2.45) is 5.73 Å². The number of aliphatic carboxylic acids is 1. The van der Waals surface area contributed by atoms with Gasteiger partial charge in [0.25, 0.3) is 5.91 Å². The van der Waals surface area contributed by atoms with E-state index >= 15 is 0 Å². The van der Waals surface area contributed by atoms with E-state index in [9.17, 15) is 14.4 Å². The Kier molecular flexibility index (Phi) is 9.75. The second-order valence-corrected chi connectivity index (χ2v) is 8.19. The van der Waals surface area contributed by atoms with Gasteiger partial charge in [0.1, 0.15) is 6.04 Å². The zero-order chi connectivity index (χ0) is 21.9. The highest BCUT2D eigenvalue weighted by Gasteiger charge is 2.12. The molecule has 2 rings (SSSR count). The lowest BCUT2D eigenvalue weighted by atomic mass is 10.1. The number of nitrogens with one attached hydrogen (secondary N) is 2. The summed E-state index contributed by atoms with van der Waals surface area (Å²) in [4.78, 5) is 34.7. The van der Waals surface area contributed by atoms with Crippen LogP contribution < -0.4 is 16.4 Å². The van der Waals surface area contributed by atoms with Crippen molar-refractivity contribution in [2.45, 2.75) is 38.3 Å². The largest absolute Gasteiger partial charge is 0.480 e. The maximum absolute atomic E-state index is 12.1. The Balaban J connectivity index is 1.68. The second kappa shape index (κ2) is 12.3. The van der Waals surface area contributed by atoms with Gasteiger partial charge in [-0.3, -0.25) is 14.4 Å². The van der Waals surface area contributed by atoms with Crippen LogP contribution in [-0.4, -0.2) is 35.5 Å². The quantitative estimate of drug-likeness (QED) is 0.338. The topological polar surface area (TPSA) is 122 Å². The number of hydrogen-bond donors (Lipinski definition) is 4. The third-order valence-electron chi connectivity index (χ3n) is 4.55. The van der Waals surface area contributed by atoms with E-state index in [-0.39, 0.29) is 24.8 Å². The minimum Gasteiger partial charge on any atom is -0.480 e. The van der Waals surface area contributed by atoms with E-state index < -0.39 is 12.0 Å². The standard InChI is InChI=1S/C22H26IN3O4/c23-18-10-6-15(7-11-18)2-1-3-20(27)26-14-16-4-8-17(9-5-16)21(28)25-13-12-19(24)22(29)30/h4-11,19H,1-3,12-14,24H2,(H,25,28)(H,26,27)(H,29,30)/t19-/m0/s1. The lowest BCUT2D eigenvalue weighted by Crippen LogP contribution is -2.35. The summed E-state index contributed by atoms with van der Waals surface area (Å²) in [6.45, 7) is 0.587. The summed E-state index contributed by atoms with van der Waals surface area (Å²) in [6.07, 6.45) is 2.28. The molecule has 2 amide bonds. The van der Waals surface area contributed by atoms with Crippen LogP contribution in [0.3, 0.4) is 0 Å². The molecule has 5 N–H and O–H groups in total. The van der Waals surface area contributed by atoms with Crippen LogP contribution in [0.2, 0.25) is 0 Å². The molecule has 160 valence electrons. The summed E-state index contributed by atoms with van der Waals surface area (Å²) >= 11 is 2.27. The molecule has 0 heterocycles. The third kappa shape index (κ3) is 8.50. The van der Waals surface area contributed by atoms with Crippen molar-refractivity contribution in [1.82, 2.24) is 10.6 Å². The minimum absolute atomic E-state index is 0.00268. The van der Waals surface area contributed by atoms with Crippen molar-refractivity contribution in [2.75, 3.05) is 6.54 Å². The first-order valence-corrected chi connectivity index (χ1v) is 10.8. The molecule has 8 heteroatoms. The van der Waals surface area contributed by atoms with Gasteiger partial charge in [0.2, 0.25) is 5.91 Å². The van der Waals surface area contributed by atoms with Crippen LogP contribution in [0.4, 0.5) is 0 Å². The number of amides is 2. The third-order valence-corrected chi connectivity index (χ3v) is 5.27. The van der Waals surface area contributed by atoms with Gasteiger partial charge in [-0.25, -0.2) is 0 Å². The predicted octanol–water partition coefficient (Wildman–Crippen LogP) is 2.46. The minimum atomic E-state index is -1.09. The van der Waals surface area contributed by atoms with Gasteiger partial charge in [-0.2, -0.15) is 0 Å². The average Bonchev–Trinajstić information content (AvgIpc) is 2.73. The van der Waals surface area contributed by atoms with Crippen LogP contribution in [0.15, 0.2) is 48.5 Å². The Morgan fingerprint density at radius 1 is 0.967 bits per heavy atom. The molecule has 7 nitrogen and oxygen atoms in total. The van der Waals surface area contributed by atoms with Crippen LogP contribution in [0.25, 0.3) is 0 Å². The number of benzene rings is 2. The SMILES string of the molecule is N[C@@H](CCNC(=O)c1ccc(CNC(=O)CCCc2ccc(I)cc2)cc1)C(=O)O. The van der Waals surface area contributed by atoms with E-state index in [2.05, 4.69) is 57.5 Å². The van der Waals surface area contributed by atoms with E-state index in [0.29, 0.717) is 18.5 Å². The first-order valence-electron chi connectivity index (χ1n) is 9.72. The molecule has 0 radical (unpaired) electrons. The molecule has 0 aliphatic heterocycles. The predicted molar refractivity (Wildman–Crippen MR) is 123 cm³/mol. The van der Waals surface area contributed by atoms with Gasteiger partial charge in [-0.05, 0) is 77.2 Å². The number of carbonyl (C=O) groups is 3. The van der Waals surface area contributed by atoms with Crippen molar-refractivity contribution in [3.8, 4) is 0 Å². The second-order valence-electron chi connectivity index (χ2n) is 6.94. The Hall–Kier alpha value is -2.46. The van der Waals surface area contributed by atoms with E-state index in [0.717, 1.165) is 18.4 Å². The van der Waals surface area contributed by atoms with Crippen LogP contribution in [0, 0.1) is 3.57 Å². The molecule has 0 fully saturated rings. The average molecular weight is 523 g/mol. The number of carbonyl (C=O) groups excluding carboxylic acids is 2. The van der Waals surface area contributed by atoms with Gasteiger partial charge in [0, 0.05) is 28.6 Å². The summed E-state index contributed by atoms with van der Waals surface area (Å²) in [5.74, 6) is -1.39. The highest BCUT2D eigenvalue weighted by Crippen LogP contribution is 2.10. The molecular formula is C22H26IN3O4. The fourth-order valence-corrected chi connectivity index (χ4v) is 3.09. The maximum atomic E-state index is 12.1. The van der Waals surface area contributed by atoms with Crippen LogP contribution in [-0.2, 0) is 22.6 Å². The van der Waals surface area contributed by atoms with E-state index in [1.54, 1.807) is 24.3 Å². The first-order chi connectivity index (χ1) is 14.3. The number of rotatable bonds is 11. The molecule has 2 aromatic rings. The highest BCUT2D eigenvalue weighted by molar-refractivity contribution is 14.1. The van der Waals surface area contributed by atoms with E-state index in [4.69, 9.17) is 10.8 Å². The van der Waals surface area contributed by atoms with Crippen molar-refractivity contribution in [3.05, 3.63) is 68.8 Å². The van der Waals surface area contributed by atoms with Crippen LogP contribution in [0.1, 0.15) is 40.7 Å². The summed E-state index contributed by atoms with van der Waals surface area (Å²) in [5.41, 5.74) is 7.98. The van der Waals surface area contributed by atoms with Crippen molar-refractivity contribution < 1.29 is 19.5 Å². The molecule has 2 aromatic carbocycles. The van der Waals surface area contributed by atoms with Gasteiger partial charge in [0.15, 0.2) is 0 Å². The fraction of sp³-hybridized carbons (Fsp3) is 0.318. The summed E-state index contributed by atoms with van der Waals surface area (Å²) < 4.78 is 1.19. The van der Waals surface area contributed by atoms with E-state index in [1.807, 2.05) is 0 Å². The fourth-order valence-electron chi connectivity index (χ4n) is 2.73. The number of aryl methyl sites for hydroxylation is 1. The van der Waals surface area contributed by atoms with Gasteiger partial charge in [0.05, 0.1) is 0 Å². The number of halogens is 1. The van der Waals surface area contributed by atoms with Gasteiger partial charge >= 0.3 is 5.97 Å². The number of carboxylic acid groups (broad SMARTS) is 1. The number of carboxylic acids is 1. The van der Waals surface area contributed by atoms with Crippen LogP contribution in [0.5, 0.6) is 0 Å². The summed E-state index contributed by atoms with van der Waals surface area (Å²) in [6, 6.07) is 14.2. The normalized spacial score (nSPS) is 11.5. The maximum Gasteiger partial charge on any atom is 0.320 e. The molecule has 0 bridgehead atoms. The van der Waals surface area contributed by atoms with Crippen molar-refractivity contribution >= 4 is 40.4 Å². The number of nitrogens with two attached hydrogens (primary N) is 1. The molecule has 30 heavy (non-hydrogen) atoms. The Morgan fingerprint density at radius 2 is 1.60 bits per heavy atom. The molecule has 0 unspecified atom stereocenters. The molecular weight excluding hydrogens is 497 g/mol. The van der Waals surface area contributed by atoms with Crippen molar-refractivity contribution in [1.29, 1.82) is 0 Å². The highest BCUT2D eigenvalue weighted by atomic mass is 127. The molecule has 0 aliphatic carbocycles.